The minimum Gasteiger partial charge on any atom is -0.481 e. The predicted octanol–water partition coefficient (Wildman–Crippen LogP) is 7.45. The van der Waals surface area contributed by atoms with Crippen molar-refractivity contribution in [3.05, 3.63) is 47.4 Å². The van der Waals surface area contributed by atoms with Crippen molar-refractivity contribution >= 4 is 12.1 Å². The number of aromatic nitrogens is 2. The van der Waals surface area contributed by atoms with Crippen LogP contribution in [-0.2, 0) is 6.42 Å². The van der Waals surface area contributed by atoms with Crippen LogP contribution in [-0.4, -0.2) is 29.1 Å². The summed E-state index contributed by atoms with van der Waals surface area (Å²) in [5, 5.41) is 7.91. The highest BCUT2D eigenvalue weighted by molar-refractivity contribution is 6.01. The zero-order chi connectivity index (χ0) is 23.5. The Labute approximate surface area is 190 Å². The highest BCUT2D eigenvalue weighted by Gasteiger charge is 2.03. The zero-order valence-electron chi connectivity index (χ0n) is 20.8. The number of nitrogens with zero attached hydrogens (tertiary/aromatic N) is 2. The first-order valence-electron chi connectivity index (χ1n) is 11.8. The summed E-state index contributed by atoms with van der Waals surface area (Å²) < 4.78 is 5.03. The smallest absolute Gasteiger partial charge is 0.213 e. The van der Waals surface area contributed by atoms with Crippen molar-refractivity contribution in [3.63, 3.8) is 0 Å². The summed E-state index contributed by atoms with van der Waals surface area (Å²) >= 11 is 0. The van der Waals surface area contributed by atoms with E-state index in [4.69, 9.17) is 10.1 Å². The Morgan fingerprint density at radius 2 is 1.84 bits per heavy atom. The lowest BCUT2D eigenvalue weighted by Gasteiger charge is -2.02. The van der Waals surface area contributed by atoms with Gasteiger partial charge in [-0.05, 0) is 30.0 Å². The van der Waals surface area contributed by atoms with E-state index in [-0.39, 0.29) is 5.84 Å². The molecule has 1 atom stereocenters. The van der Waals surface area contributed by atoms with E-state index in [2.05, 4.69) is 56.5 Å². The van der Waals surface area contributed by atoms with Crippen molar-refractivity contribution < 1.29 is 4.74 Å². The molecule has 174 valence electrons. The SMILES string of the molecule is CCCC.CCCC(C)CC.CCCc1c[nH]c(C=NC(=N)c2cccc(OC)n2)c1. The van der Waals surface area contributed by atoms with Gasteiger partial charge in [-0.2, -0.15) is 0 Å². The fourth-order valence-electron chi connectivity index (χ4n) is 2.52. The zero-order valence-corrected chi connectivity index (χ0v) is 20.8. The largest absolute Gasteiger partial charge is 0.481 e. The summed E-state index contributed by atoms with van der Waals surface area (Å²) in [5.41, 5.74) is 2.63. The van der Waals surface area contributed by atoms with Crippen LogP contribution in [0.2, 0.25) is 0 Å². The maximum absolute atomic E-state index is 7.91. The Balaban J connectivity index is 0.000000681. The predicted molar refractivity (Wildman–Crippen MR) is 135 cm³/mol. The number of hydrogen-bond donors (Lipinski definition) is 2. The molecule has 2 aromatic rings. The van der Waals surface area contributed by atoms with Crippen LogP contribution in [0.25, 0.3) is 0 Å². The first-order chi connectivity index (χ1) is 14.9. The average molecular weight is 429 g/mol. The van der Waals surface area contributed by atoms with Crippen LogP contribution in [0.1, 0.15) is 97.0 Å². The molecule has 5 heteroatoms. The van der Waals surface area contributed by atoms with Gasteiger partial charge in [0.1, 0.15) is 5.69 Å². The Kier molecular flexibility index (Phi) is 16.9. The molecule has 0 saturated heterocycles. The molecular formula is C26H44N4O. The second-order valence-electron chi connectivity index (χ2n) is 7.69. The number of pyridine rings is 1. The Morgan fingerprint density at radius 3 is 2.35 bits per heavy atom. The number of unbranched alkanes of at least 4 members (excludes halogenated alkanes) is 1. The van der Waals surface area contributed by atoms with Gasteiger partial charge >= 0.3 is 0 Å². The number of hydrogen-bond acceptors (Lipinski definition) is 3. The van der Waals surface area contributed by atoms with Crippen LogP contribution in [0.4, 0.5) is 0 Å². The topological polar surface area (TPSA) is 74.1 Å². The van der Waals surface area contributed by atoms with Crippen molar-refractivity contribution in [3.8, 4) is 5.88 Å². The van der Waals surface area contributed by atoms with E-state index in [9.17, 15) is 0 Å². The van der Waals surface area contributed by atoms with E-state index >= 15 is 0 Å². The monoisotopic (exact) mass is 428 g/mol. The lowest BCUT2D eigenvalue weighted by molar-refractivity contribution is 0.397. The highest BCUT2D eigenvalue weighted by atomic mass is 16.5. The number of ether oxygens (including phenoxy) is 1. The molecule has 0 spiro atoms. The molecule has 5 nitrogen and oxygen atoms in total. The van der Waals surface area contributed by atoms with E-state index in [0.717, 1.165) is 24.5 Å². The average Bonchev–Trinajstić information content (AvgIpc) is 3.26. The van der Waals surface area contributed by atoms with Gasteiger partial charge in [0, 0.05) is 12.3 Å². The summed E-state index contributed by atoms with van der Waals surface area (Å²) in [6.07, 6.45) is 12.5. The first-order valence-corrected chi connectivity index (χ1v) is 11.8. The van der Waals surface area contributed by atoms with Crippen LogP contribution >= 0.6 is 0 Å². The van der Waals surface area contributed by atoms with Gasteiger partial charge in [0.25, 0.3) is 0 Å². The number of aryl methyl sites for hydroxylation is 1. The number of nitrogens with one attached hydrogen (secondary N) is 2. The van der Waals surface area contributed by atoms with Crippen LogP contribution in [0.3, 0.4) is 0 Å². The summed E-state index contributed by atoms with van der Waals surface area (Å²) in [6, 6.07) is 7.31. The third-order valence-electron chi connectivity index (χ3n) is 4.79. The van der Waals surface area contributed by atoms with Gasteiger partial charge < -0.3 is 9.72 Å². The molecule has 0 aliphatic carbocycles. The van der Waals surface area contributed by atoms with Crippen molar-refractivity contribution in [2.75, 3.05) is 7.11 Å². The van der Waals surface area contributed by atoms with Gasteiger partial charge in [-0.3, -0.25) is 5.41 Å². The molecule has 0 bridgehead atoms. The van der Waals surface area contributed by atoms with E-state index in [0.29, 0.717) is 11.6 Å². The Morgan fingerprint density at radius 1 is 1.13 bits per heavy atom. The molecule has 2 N–H and O–H groups in total. The molecule has 0 saturated carbocycles. The molecular weight excluding hydrogens is 384 g/mol. The Hall–Kier alpha value is -2.43. The summed E-state index contributed by atoms with van der Waals surface area (Å²) in [7, 11) is 1.55. The van der Waals surface area contributed by atoms with Gasteiger partial charge in [-0.15, -0.1) is 0 Å². The minimum atomic E-state index is 0.107. The minimum absolute atomic E-state index is 0.107. The van der Waals surface area contributed by atoms with Crippen molar-refractivity contribution in [1.29, 1.82) is 5.41 Å². The molecule has 0 radical (unpaired) electrons. The maximum Gasteiger partial charge on any atom is 0.213 e. The van der Waals surface area contributed by atoms with Crippen LogP contribution in [0, 0.1) is 11.3 Å². The third kappa shape index (κ3) is 13.5. The summed E-state index contributed by atoms with van der Waals surface area (Å²) in [4.78, 5) is 11.4. The van der Waals surface area contributed by atoms with Gasteiger partial charge in [0.15, 0.2) is 5.84 Å². The summed E-state index contributed by atoms with van der Waals surface area (Å²) in [6.45, 7) is 13.3. The molecule has 1 unspecified atom stereocenters. The fraction of sp³-hybridized carbons (Fsp3) is 0.577. The number of amidine groups is 1. The standard InChI is InChI=1S/C15H18N4O.C7H16.C4H10/c1-3-5-11-8-12(17-9-11)10-18-15(16)13-6-4-7-14(19-13)20-2;1-4-6-7(3)5-2;1-3-4-2/h4,6-10,16-17H,3,5H2,1-2H3;7H,4-6H2,1-3H3;3-4H2,1-2H3. The van der Waals surface area contributed by atoms with Gasteiger partial charge in [-0.25, -0.2) is 9.98 Å². The molecule has 2 heterocycles. The second-order valence-corrected chi connectivity index (χ2v) is 7.69. The van der Waals surface area contributed by atoms with E-state index < -0.39 is 0 Å². The molecule has 0 amide bonds. The highest BCUT2D eigenvalue weighted by Crippen LogP contribution is 2.09. The van der Waals surface area contributed by atoms with Gasteiger partial charge in [0.2, 0.25) is 5.88 Å². The van der Waals surface area contributed by atoms with Crippen molar-refractivity contribution in [2.24, 2.45) is 10.9 Å². The van der Waals surface area contributed by atoms with Crippen LogP contribution in [0.15, 0.2) is 35.5 Å². The van der Waals surface area contributed by atoms with Crippen LogP contribution < -0.4 is 4.74 Å². The molecule has 0 aliphatic rings. The normalized spacial score (nSPS) is 11.2. The number of methoxy groups -OCH3 is 1. The molecule has 0 aliphatic heterocycles. The molecule has 31 heavy (non-hydrogen) atoms. The quantitative estimate of drug-likeness (QED) is 0.321. The number of H-pyrrole nitrogens is 1. The molecule has 2 rings (SSSR count). The van der Waals surface area contributed by atoms with Gasteiger partial charge in [-0.1, -0.05) is 86.1 Å². The number of aliphatic imine (C=N–C) groups is 1. The molecule has 0 aromatic carbocycles. The lowest BCUT2D eigenvalue weighted by atomic mass is 10.0. The maximum atomic E-state index is 7.91. The third-order valence-corrected chi connectivity index (χ3v) is 4.79. The van der Waals surface area contributed by atoms with Gasteiger partial charge in [0.05, 0.1) is 19.0 Å². The molecule has 2 aromatic heterocycles. The second kappa shape index (κ2) is 18.3. The lowest BCUT2D eigenvalue weighted by Crippen LogP contribution is -2.01. The van der Waals surface area contributed by atoms with Crippen molar-refractivity contribution in [2.45, 2.75) is 86.5 Å². The van der Waals surface area contributed by atoms with Crippen LogP contribution in [0.5, 0.6) is 5.88 Å². The summed E-state index contributed by atoms with van der Waals surface area (Å²) in [5.74, 6) is 1.54. The van der Waals surface area contributed by atoms with Crippen molar-refractivity contribution in [1.82, 2.24) is 9.97 Å². The number of aromatic amines is 1. The fourth-order valence-corrected chi connectivity index (χ4v) is 2.52. The number of rotatable bonds is 9. The first kappa shape index (κ1) is 28.6. The van der Waals surface area contributed by atoms with E-state index in [1.807, 2.05) is 12.3 Å². The van der Waals surface area contributed by atoms with E-state index in [1.54, 1.807) is 31.5 Å². The Bertz CT molecular complexity index is 735. The molecule has 0 fully saturated rings. The van der Waals surface area contributed by atoms with E-state index in [1.165, 1.54) is 37.7 Å².